The lowest BCUT2D eigenvalue weighted by molar-refractivity contribution is -0.142. The Morgan fingerprint density at radius 2 is 2.09 bits per heavy atom. The fourth-order valence-corrected chi connectivity index (χ4v) is 6.07. The van der Waals surface area contributed by atoms with Crippen LogP contribution in [0.3, 0.4) is 0 Å². The van der Waals surface area contributed by atoms with Gasteiger partial charge in [0.2, 0.25) is 11.8 Å². The second-order valence-electron chi connectivity index (χ2n) is 8.59. The normalized spacial score (nSPS) is 16.4. The zero-order valence-corrected chi connectivity index (χ0v) is 21.1. The molecular formula is C25H27N5O3S2. The van der Waals surface area contributed by atoms with Crippen molar-refractivity contribution in [3.63, 3.8) is 0 Å². The zero-order valence-electron chi connectivity index (χ0n) is 19.4. The van der Waals surface area contributed by atoms with E-state index in [9.17, 15) is 9.59 Å². The van der Waals surface area contributed by atoms with Gasteiger partial charge in [-0.1, -0.05) is 23.4 Å². The monoisotopic (exact) mass is 509 g/mol. The molecule has 4 heterocycles. The molecule has 1 N–H and O–H groups in total. The highest BCUT2D eigenvalue weighted by Crippen LogP contribution is 2.32. The van der Waals surface area contributed by atoms with E-state index in [0.717, 1.165) is 45.8 Å². The number of aromatic nitrogens is 3. The minimum absolute atomic E-state index is 0.00811. The third kappa shape index (κ3) is 5.29. The summed E-state index contributed by atoms with van der Waals surface area (Å²) in [5, 5.41) is 15.4. The number of thiophene rings is 2. The van der Waals surface area contributed by atoms with E-state index in [0.29, 0.717) is 13.1 Å². The van der Waals surface area contributed by atoms with Gasteiger partial charge in [-0.15, -0.1) is 27.8 Å². The molecule has 10 heteroatoms. The Labute approximate surface area is 211 Å². The number of benzene rings is 1. The number of hydrogen-bond acceptors (Lipinski definition) is 7. The molecule has 35 heavy (non-hydrogen) atoms. The number of para-hydroxylation sites is 1. The molecule has 182 valence electrons. The molecule has 1 saturated heterocycles. The van der Waals surface area contributed by atoms with Crippen LogP contribution >= 0.6 is 22.7 Å². The third-order valence-electron chi connectivity index (χ3n) is 6.17. The maximum atomic E-state index is 13.8. The van der Waals surface area contributed by atoms with Crippen molar-refractivity contribution in [1.29, 1.82) is 0 Å². The summed E-state index contributed by atoms with van der Waals surface area (Å²) in [5.74, 6) is -0.390. The fraction of sp³-hybridized carbons (Fsp3) is 0.360. The van der Waals surface area contributed by atoms with E-state index in [1.807, 2.05) is 60.1 Å². The average Bonchev–Trinajstić information content (AvgIpc) is 3.67. The predicted molar refractivity (Wildman–Crippen MR) is 136 cm³/mol. The highest BCUT2D eigenvalue weighted by Gasteiger charge is 2.34. The molecule has 0 radical (unpaired) electrons. The third-order valence-corrected chi connectivity index (χ3v) is 8.10. The first-order valence-electron chi connectivity index (χ1n) is 11.6. The Morgan fingerprint density at radius 1 is 1.20 bits per heavy atom. The number of aryl methyl sites for hydroxylation is 1. The second-order valence-corrected chi connectivity index (χ2v) is 10.6. The van der Waals surface area contributed by atoms with Crippen LogP contribution in [0.1, 0.15) is 34.2 Å². The predicted octanol–water partition coefficient (Wildman–Crippen LogP) is 3.93. The molecule has 4 aromatic rings. The van der Waals surface area contributed by atoms with Gasteiger partial charge in [0, 0.05) is 22.9 Å². The van der Waals surface area contributed by atoms with Crippen molar-refractivity contribution in [2.45, 2.75) is 45.0 Å². The molecule has 2 amide bonds. The molecule has 0 spiro atoms. The molecule has 3 aromatic heterocycles. The Balaban J connectivity index is 1.46. The summed E-state index contributed by atoms with van der Waals surface area (Å²) in [6, 6.07) is 12.7. The van der Waals surface area contributed by atoms with Gasteiger partial charge in [-0.2, -0.15) is 0 Å². The topological polar surface area (TPSA) is 89.4 Å². The van der Waals surface area contributed by atoms with Crippen molar-refractivity contribution in [2.75, 3.05) is 13.2 Å². The molecule has 1 aromatic carbocycles. The van der Waals surface area contributed by atoms with Crippen LogP contribution in [0.5, 0.6) is 0 Å². The molecule has 1 fully saturated rings. The summed E-state index contributed by atoms with van der Waals surface area (Å²) in [7, 11) is 0. The molecule has 0 bridgehead atoms. The van der Waals surface area contributed by atoms with E-state index in [-0.39, 0.29) is 24.5 Å². The smallest absolute Gasteiger partial charge is 0.248 e. The van der Waals surface area contributed by atoms with Gasteiger partial charge in [-0.3, -0.25) is 9.59 Å². The lowest BCUT2D eigenvalue weighted by atomic mass is 10.1. The number of hydrogen-bond donors (Lipinski definition) is 1. The summed E-state index contributed by atoms with van der Waals surface area (Å²) in [4.78, 5) is 31.0. The molecular weight excluding hydrogens is 482 g/mol. The quantitative estimate of drug-likeness (QED) is 0.369. The van der Waals surface area contributed by atoms with Gasteiger partial charge in [0.15, 0.2) is 0 Å². The number of nitrogens with one attached hydrogen (secondary N) is 1. The van der Waals surface area contributed by atoms with Crippen LogP contribution in [0.15, 0.2) is 53.2 Å². The van der Waals surface area contributed by atoms with Crippen LogP contribution in [-0.4, -0.2) is 51.0 Å². The van der Waals surface area contributed by atoms with E-state index >= 15 is 0 Å². The minimum Gasteiger partial charge on any atom is -0.376 e. The first-order chi connectivity index (χ1) is 17.1. The molecule has 0 aliphatic carbocycles. The van der Waals surface area contributed by atoms with Crippen LogP contribution in [0.2, 0.25) is 0 Å². The molecule has 8 nitrogen and oxygen atoms in total. The zero-order chi connectivity index (χ0) is 24.2. The standard InChI is InChI=1S/C25H27N5O3S2/c1-17-10-13-35-24(17)23(25(32)26-14-18-6-4-11-33-18)29(15-19-7-5-12-34-19)22(31)16-30-21-9-3-2-8-20(21)27-28-30/h2-3,5,7-10,12-13,18,23H,4,6,11,14-16H2,1H3,(H,26,32)/t18-,23-/m1/s1. The Kier molecular flexibility index (Phi) is 7.21. The highest BCUT2D eigenvalue weighted by atomic mass is 32.1. The van der Waals surface area contributed by atoms with Crippen molar-refractivity contribution >= 4 is 45.5 Å². The summed E-state index contributed by atoms with van der Waals surface area (Å²) < 4.78 is 7.29. The van der Waals surface area contributed by atoms with Gasteiger partial charge in [-0.05, 0) is 60.4 Å². The molecule has 1 aliphatic heterocycles. The van der Waals surface area contributed by atoms with E-state index in [1.54, 1.807) is 20.9 Å². The number of fused-ring (bicyclic) bond motifs is 1. The SMILES string of the molecule is Cc1ccsc1[C@H](C(=O)NC[C@H]1CCCO1)N(Cc1cccs1)C(=O)Cn1nnc2ccccc21. The van der Waals surface area contributed by atoms with Crippen LogP contribution in [0.25, 0.3) is 11.0 Å². The van der Waals surface area contributed by atoms with Gasteiger partial charge in [0.1, 0.15) is 18.1 Å². The van der Waals surface area contributed by atoms with Crippen LogP contribution in [0, 0.1) is 6.92 Å². The first-order valence-corrected chi connectivity index (χ1v) is 13.4. The van der Waals surface area contributed by atoms with Crippen molar-refractivity contribution in [2.24, 2.45) is 0 Å². The van der Waals surface area contributed by atoms with Gasteiger partial charge in [-0.25, -0.2) is 4.68 Å². The highest BCUT2D eigenvalue weighted by molar-refractivity contribution is 7.10. The Bertz CT molecular complexity index is 1290. The first kappa shape index (κ1) is 23.7. The Morgan fingerprint density at radius 3 is 2.83 bits per heavy atom. The van der Waals surface area contributed by atoms with Crippen LogP contribution in [-0.2, 0) is 27.4 Å². The van der Waals surface area contributed by atoms with Crippen molar-refractivity contribution in [3.05, 3.63) is 68.5 Å². The van der Waals surface area contributed by atoms with Crippen LogP contribution in [0.4, 0.5) is 0 Å². The van der Waals surface area contributed by atoms with E-state index in [4.69, 9.17) is 4.74 Å². The molecule has 5 rings (SSSR count). The molecule has 0 saturated carbocycles. The summed E-state index contributed by atoms with van der Waals surface area (Å²) in [5.41, 5.74) is 2.50. The fourth-order valence-electron chi connectivity index (χ4n) is 4.33. The van der Waals surface area contributed by atoms with Crippen molar-refractivity contribution < 1.29 is 14.3 Å². The van der Waals surface area contributed by atoms with E-state index in [1.165, 1.54) is 11.3 Å². The van der Waals surface area contributed by atoms with Gasteiger partial charge in [0.05, 0.1) is 18.2 Å². The molecule has 0 unspecified atom stereocenters. The number of amides is 2. The van der Waals surface area contributed by atoms with Crippen molar-refractivity contribution in [1.82, 2.24) is 25.2 Å². The molecule has 2 atom stereocenters. The van der Waals surface area contributed by atoms with Gasteiger partial charge < -0.3 is 15.0 Å². The Hall–Kier alpha value is -3.08. The number of carbonyl (C=O) groups is 2. The maximum absolute atomic E-state index is 13.8. The average molecular weight is 510 g/mol. The second kappa shape index (κ2) is 10.7. The summed E-state index contributed by atoms with van der Waals surface area (Å²) in [6.07, 6.45) is 1.95. The largest absolute Gasteiger partial charge is 0.376 e. The lowest BCUT2D eigenvalue weighted by Crippen LogP contribution is -2.45. The number of ether oxygens (including phenoxy) is 1. The van der Waals surface area contributed by atoms with Gasteiger partial charge in [0.25, 0.3) is 0 Å². The van der Waals surface area contributed by atoms with E-state index in [2.05, 4.69) is 15.6 Å². The number of rotatable bonds is 9. The van der Waals surface area contributed by atoms with E-state index < -0.39 is 6.04 Å². The lowest BCUT2D eigenvalue weighted by Gasteiger charge is -2.31. The van der Waals surface area contributed by atoms with Crippen LogP contribution < -0.4 is 5.32 Å². The number of carbonyl (C=O) groups excluding carboxylic acids is 2. The van der Waals surface area contributed by atoms with Crippen molar-refractivity contribution in [3.8, 4) is 0 Å². The van der Waals surface area contributed by atoms with Gasteiger partial charge >= 0.3 is 0 Å². The summed E-state index contributed by atoms with van der Waals surface area (Å²) in [6.45, 7) is 3.46. The summed E-state index contributed by atoms with van der Waals surface area (Å²) >= 11 is 3.06. The minimum atomic E-state index is -0.749. The molecule has 1 aliphatic rings. The number of nitrogens with zero attached hydrogens (tertiary/aromatic N) is 4. The maximum Gasteiger partial charge on any atom is 0.248 e.